The summed E-state index contributed by atoms with van der Waals surface area (Å²) >= 11 is 3.36. The third-order valence-corrected chi connectivity index (χ3v) is 3.55. The number of hydrazone groups is 1. The van der Waals surface area contributed by atoms with Crippen LogP contribution in [-0.4, -0.2) is 25.3 Å². The van der Waals surface area contributed by atoms with Crippen molar-refractivity contribution in [1.29, 1.82) is 0 Å². The monoisotopic (exact) mass is 390 g/mol. The fraction of sp³-hybridized carbons (Fsp3) is 0.222. The Morgan fingerprint density at radius 1 is 1.21 bits per heavy atom. The Balaban J connectivity index is 2.15. The maximum Gasteiger partial charge on any atom is 0.275 e. The van der Waals surface area contributed by atoms with Gasteiger partial charge in [0.25, 0.3) is 5.91 Å². The van der Waals surface area contributed by atoms with E-state index < -0.39 is 0 Å². The molecule has 0 unspecified atom stereocenters. The Morgan fingerprint density at radius 3 is 2.67 bits per heavy atom. The molecule has 0 aliphatic heterocycles. The predicted octanol–water partition coefficient (Wildman–Crippen LogP) is 4.01. The first-order chi connectivity index (χ1) is 11.5. The Labute approximate surface area is 149 Å². The second-order valence-corrected chi connectivity index (χ2v) is 6.16. The molecular formula is C18H19BrN2O3. The fourth-order valence-electron chi connectivity index (χ4n) is 2.03. The molecule has 0 aliphatic carbocycles. The first-order valence-corrected chi connectivity index (χ1v) is 8.23. The van der Waals surface area contributed by atoms with Crippen LogP contribution in [0.5, 0.6) is 11.5 Å². The van der Waals surface area contributed by atoms with Gasteiger partial charge in [-0.1, -0.05) is 28.1 Å². The van der Waals surface area contributed by atoms with Crippen molar-refractivity contribution >= 4 is 28.1 Å². The Kier molecular flexibility index (Phi) is 6.37. The molecular weight excluding hydrogens is 372 g/mol. The summed E-state index contributed by atoms with van der Waals surface area (Å²) in [6.07, 6.45) is 1.51. The van der Waals surface area contributed by atoms with Crippen LogP contribution in [0.25, 0.3) is 0 Å². The predicted molar refractivity (Wildman–Crippen MR) is 98.0 cm³/mol. The van der Waals surface area contributed by atoms with Crippen LogP contribution in [0.15, 0.2) is 52.0 Å². The van der Waals surface area contributed by atoms with Gasteiger partial charge in [-0.15, -0.1) is 0 Å². The average Bonchev–Trinajstić information content (AvgIpc) is 2.56. The quantitative estimate of drug-likeness (QED) is 0.598. The van der Waals surface area contributed by atoms with Crippen LogP contribution in [0.1, 0.15) is 29.8 Å². The van der Waals surface area contributed by atoms with Crippen molar-refractivity contribution in [1.82, 2.24) is 5.43 Å². The van der Waals surface area contributed by atoms with E-state index in [4.69, 9.17) is 9.47 Å². The van der Waals surface area contributed by atoms with Gasteiger partial charge < -0.3 is 9.47 Å². The molecule has 126 valence electrons. The highest BCUT2D eigenvalue weighted by atomic mass is 79.9. The van der Waals surface area contributed by atoms with Crippen molar-refractivity contribution in [3.63, 3.8) is 0 Å². The van der Waals surface area contributed by atoms with Crippen LogP contribution >= 0.6 is 15.9 Å². The standard InChI is InChI=1S/C18H19BrN2O3/c1-12(2)24-17-9-8-14(19)10-15(17)18(22)21-20-11-13-6-4-5-7-16(13)23-3/h4-12H,1-3H3,(H,21,22). The molecule has 2 rings (SSSR count). The molecule has 2 aromatic rings. The van der Waals surface area contributed by atoms with Crippen LogP contribution in [0, 0.1) is 0 Å². The van der Waals surface area contributed by atoms with Crippen LogP contribution in [-0.2, 0) is 0 Å². The second-order valence-electron chi connectivity index (χ2n) is 5.25. The summed E-state index contributed by atoms with van der Waals surface area (Å²) < 4.78 is 11.7. The lowest BCUT2D eigenvalue weighted by Gasteiger charge is -2.13. The van der Waals surface area contributed by atoms with Crippen molar-refractivity contribution in [2.24, 2.45) is 5.10 Å². The number of halogens is 1. The maximum absolute atomic E-state index is 12.4. The second kappa shape index (κ2) is 8.49. The van der Waals surface area contributed by atoms with Crippen molar-refractivity contribution in [2.45, 2.75) is 20.0 Å². The van der Waals surface area contributed by atoms with Gasteiger partial charge in [-0.05, 0) is 44.2 Å². The lowest BCUT2D eigenvalue weighted by atomic mass is 10.2. The number of rotatable bonds is 6. The highest BCUT2D eigenvalue weighted by Crippen LogP contribution is 2.24. The van der Waals surface area contributed by atoms with Gasteiger partial charge in [0, 0.05) is 10.0 Å². The SMILES string of the molecule is COc1ccccc1C=NNC(=O)c1cc(Br)ccc1OC(C)C. The number of methoxy groups -OCH3 is 1. The zero-order valence-corrected chi connectivity index (χ0v) is 15.3. The molecule has 1 amide bonds. The van der Waals surface area contributed by atoms with E-state index in [1.165, 1.54) is 6.21 Å². The van der Waals surface area contributed by atoms with E-state index in [1.54, 1.807) is 19.2 Å². The van der Waals surface area contributed by atoms with Gasteiger partial charge in [0.1, 0.15) is 11.5 Å². The van der Waals surface area contributed by atoms with Crippen LogP contribution < -0.4 is 14.9 Å². The van der Waals surface area contributed by atoms with E-state index in [0.29, 0.717) is 17.1 Å². The number of benzene rings is 2. The Hall–Kier alpha value is -2.34. The highest BCUT2D eigenvalue weighted by molar-refractivity contribution is 9.10. The van der Waals surface area contributed by atoms with E-state index in [2.05, 4.69) is 26.5 Å². The van der Waals surface area contributed by atoms with E-state index >= 15 is 0 Å². The summed E-state index contributed by atoms with van der Waals surface area (Å²) in [7, 11) is 1.59. The molecule has 0 fully saturated rings. The highest BCUT2D eigenvalue weighted by Gasteiger charge is 2.14. The molecule has 0 aromatic heterocycles. The van der Waals surface area contributed by atoms with Crippen LogP contribution in [0.2, 0.25) is 0 Å². The fourth-order valence-corrected chi connectivity index (χ4v) is 2.39. The molecule has 6 heteroatoms. The van der Waals surface area contributed by atoms with Crippen LogP contribution in [0.3, 0.4) is 0 Å². The van der Waals surface area contributed by atoms with Crippen molar-refractivity contribution < 1.29 is 14.3 Å². The van der Waals surface area contributed by atoms with Crippen molar-refractivity contribution in [3.05, 3.63) is 58.1 Å². The van der Waals surface area contributed by atoms with Gasteiger partial charge >= 0.3 is 0 Å². The number of amides is 1. The lowest BCUT2D eigenvalue weighted by molar-refractivity contribution is 0.0949. The summed E-state index contributed by atoms with van der Waals surface area (Å²) in [5, 5.41) is 4.00. The van der Waals surface area contributed by atoms with Gasteiger partial charge in [0.2, 0.25) is 0 Å². The molecule has 0 saturated carbocycles. The number of hydrogen-bond acceptors (Lipinski definition) is 4. The summed E-state index contributed by atoms with van der Waals surface area (Å²) in [4.78, 5) is 12.4. The molecule has 2 aromatic carbocycles. The molecule has 24 heavy (non-hydrogen) atoms. The zero-order chi connectivity index (χ0) is 17.5. The zero-order valence-electron chi connectivity index (χ0n) is 13.7. The minimum Gasteiger partial charge on any atom is -0.496 e. The molecule has 0 radical (unpaired) electrons. The summed E-state index contributed by atoms with van der Waals surface area (Å²) in [5.41, 5.74) is 3.70. The van der Waals surface area contributed by atoms with Gasteiger partial charge in [0.05, 0.1) is 25.0 Å². The number of para-hydroxylation sites is 1. The van der Waals surface area contributed by atoms with Crippen LogP contribution in [0.4, 0.5) is 0 Å². The third kappa shape index (κ3) is 4.83. The lowest BCUT2D eigenvalue weighted by Crippen LogP contribution is -2.20. The molecule has 0 aliphatic rings. The molecule has 5 nitrogen and oxygen atoms in total. The average molecular weight is 391 g/mol. The van der Waals surface area contributed by atoms with Gasteiger partial charge in [-0.2, -0.15) is 5.10 Å². The number of nitrogens with one attached hydrogen (secondary N) is 1. The molecule has 0 saturated heterocycles. The largest absolute Gasteiger partial charge is 0.496 e. The topological polar surface area (TPSA) is 59.9 Å². The smallest absolute Gasteiger partial charge is 0.275 e. The number of ether oxygens (including phenoxy) is 2. The third-order valence-electron chi connectivity index (χ3n) is 3.06. The number of nitrogens with zero attached hydrogens (tertiary/aromatic N) is 1. The minimum absolute atomic E-state index is 0.0326. The van der Waals surface area contributed by atoms with Gasteiger partial charge in [-0.3, -0.25) is 4.79 Å². The van der Waals surface area contributed by atoms with E-state index in [1.807, 2.05) is 44.2 Å². The number of carbonyl (C=O) groups excluding carboxylic acids is 1. The molecule has 1 N–H and O–H groups in total. The Morgan fingerprint density at radius 2 is 1.96 bits per heavy atom. The van der Waals surface area contributed by atoms with Gasteiger partial charge in [0.15, 0.2) is 0 Å². The molecule has 0 heterocycles. The van der Waals surface area contributed by atoms with Crippen molar-refractivity contribution in [2.75, 3.05) is 7.11 Å². The van der Waals surface area contributed by atoms with E-state index in [-0.39, 0.29) is 12.0 Å². The Bertz CT molecular complexity index is 745. The minimum atomic E-state index is -0.349. The maximum atomic E-state index is 12.4. The number of hydrogen-bond donors (Lipinski definition) is 1. The molecule has 0 atom stereocenters. The molecule has 0 spiro atoms. The summed E-state index contributed by atoms with van der Waals surface area (Å²) in [6, 6.07) is 12.7. The first kappa shape index (κ1) is 18.0. The van der Waals surface area contributed by atoms with E-state index in [9.17, 15) is 4.79 Å². The van der Waals surface area contributed by atoms with Gasteiger partial charge in [-0.25, -0.2) is 5.43 Å². The summed E-state index contributed by atoms with van der Waals surface area (Å²) in [6.45, 7) is 3.81. The normalized spacial score (nSPS) is 10.9. The van der Waals surface area contributed by atoms with E-state index in [0.717, 1.165) is 10.0 Å². The summed E-state index contributed by atoms with van der Waals surface area (Å²) in [5.74, 6) is 0.845. The molecule has 0 bridgehead atoms. The van der Waals surface area contributed by atoms with Crippen molar-refractivity contribution in [3.8, 4) is 11.5 Å². The first-order valence-electron chi connectivity index (χ1n) is 7.44. The number of carbonyl (C=O) groups is 1.